The van der Waals surface area contributed by atoms with Gasteiger partial charge in [-0.15, -0.1) is 0 Å². The Hall–Kier alpha value is -1.81. The van der Waals surface area contributed by atoms with Crippen LogP contribution in [-0.4, -0.2) is 34.7 Å². The van der Waals surface area contributed by atoms with Gasteiger partial charge in [-0.05, 0) is 43.9 Å². The minimum atomic E-state index is 0.528. The van der Waals surface area contributed by atoms with Crippen molar-refractivity contribution in [3.8, 4) is 0 Å². The first-order valence-corrected chi connectivity index (χ1v) is 8.78. The van der Waals surface area contributed by atoms with Gasteiger partial charge in [-0.1, -0.05) is 19.1 Å². The number of hydrogen-bond donors (Lipinski definition) is 1. The summed E-state index contributed by atoms with van der Waals surface area (Å²) >= 11 is 0. The van der Waals surface area contributed by atoms with Crippen molar-refractivity contribution < 1.29 is 0 Å². The van der Waals surface area contributed by atoms with E-state index in [2.05, 4.69) is 57.9 Å². The van der Waals surface area contributed by atoms with Crippen molar-refractivity contribution in [1.29, 1.82) is 0 Å². The Balaban J connectivity index is 1.50. The number of benzene rings is 1. The number of imidazole rings is 1. The maximum atomic E-state index is 4.14. The number of aromatic nitrogens is 2. The van der Waals surface area contributed by atoms with E-state index in [1.165, 1.54) is 24.1 Å². The molecule has 0 amide bonds. The fourth-order valence-corrected chi connectivity index (χ4v) is 3.41. The maximum absolute atomic E-state index is 4.14. The van der Waals surface area contributed by atoms with Crippen LogP contribution in [0.2, 0.25) is 0 Å². The number of rotatable bonds is 6. The molecule has 124 valence electrons. The molecule has 3 rings (SSSR count). The highest BCUT2D eigenvalue weighted by Crippen LogP contribution is 2.21. The summed E-state index contributed by atoms with van der Waals surface area (Å²) in [6.07, 6.45) is 9.39. The number of nitrogens with one attached hydrogen (secondary N) is 1. The predicted octanol–water partition coefficient (Wildman–Crippen LogP) is 3.23. The summed E-state index contributed by atoms with van der Waals surface area (Å²) in [6, 6.07) is 10.0. The normalized spacial score (nSPS) is 17.4. The molecule has 1 aromatic heterocycles. The van der Waals surface area contributed by atoms with Gasteiger partial charge in [0.05, 0.1) is 6.33 Å². The molecule has 1 unspecified atom stereocenters. The third-order valence-corrected chi connectivity index (χ3v) is 4.82. The van der Waals surface area contributed by atoms with E-state index in [0.29, 0.717) is 12.1 Å². The first-order valence-electron chi connectivity index (χ1n) is 8.78. The second-order valence-corrected chi connectivity index (χ2v) is 6.63. The topological polar surface area (TPSA) is 33.1 Å². The van der Waals surface area contributed by atoms with Crippen LogP contribution in [0.25, 0.3) is 0 Å². The molecule has 0 bridgehead atoms. The molecule has 23 heavy (non-hydrogen) atoms. The van der Waals surface area contributed by atoms with Crippen molar-refractivity contribution in [2.24, 2.45) is 0 Å². The molecule has 0 radical (unpaired) electrons. The Morgan fingerprint density at radius 3 is 2.78 bits per heavy atom. The lowest BCUT2D eigenvalue weighted by Gasteiger charge is -2.36. The molecule has 2 heterocycles. The molecule has 1 atom stereocenters. The Morgan fingerprint density at radius 1 is 1.30 bits per heavy atom. The second kappa shape index (κ2) is 7.64. The van der Waals surface area contributed by atoms with Crippen LogP contribution in [0.4, 0.5) is 5.69 Å². The Labute approximate surface area is 139 Å². The zero-order chi connectivity index (χ0) is 16.1. The van der Waals surface area contributed by atoms with Gasteiger partial charge in [0.2, 0.25) is 0 Å². The monoisotopic (exact) mass is 312 g/mol. The van der Waals surface area contributed by atoms with Gasteiger partial charge in [-0.3, -0.25) is 0 Å². The van der Waals surface area contributed by atoms with Gasteiger partial charge in [0.25, 0.3) is 0 Å². The fourth-order valence-electron chi connectivity index (χ4n) is 3.41. The number of piperidine rings is 1. The SMILES string of the molecule is CCC(Cn1ccnc1)NC1CCN(c2cccc(C)c2)CC1. The minimum Gasteiger partial charge on any atom is -0.371 e. The molecule has 4 nitrogen and oxygen atoms in total. The van der Waals surface area contributed by atoms with E-state index in [-0.39, 0.29) is 0 Å². The molecular formula is C19H28N4. The quantitative estimate of drug-likeness (QED) is 0.889. The average molecular weight is 312 g/mol. The van der Waals surface area contributed by atoms with E-state index in [1.54, 1.807) is 0 Å². The van der Waals surface area contributed by atoms with E-state index < -0.39 is 0 Å². The third-order valence-electron chi connectivity index (χ3n) is 4.82. The highest BCUT2D eigenvalue weighted by molar-refractivity contribution is 5.48. The lowest BCUT2D eigenvalue weighted by atomic mass is 10.0. The van der Waals surface area contributed by atoms with Crippen LogP contribution < -0.4 is 10.2 Å². The van der Waals surface area contributed by atoms with Crippen LogP contribution in [-0.2, 0) is 6.54 Å². The molecule has 1 saturated heterocycles. The lowest BCUT2D eigenvalue weighted by Crippen LogP contribution is -2.47. The van der Waals surface area contributed by atoms with Crippen LogP contribution in [0, 0.1) is 6.92 Å². The second-order valence-electron chi connectivity index (χ2n) is 6.63. The Morgan fingerprint density at radius 2 is 2.13 bits per heavy atom. The standard InChI is InChI=1S/C19H28N4/c1-3-17(14-22-12-9-20-15-22)21-18-7-10-23(11-8-18)19-6-4-5-16(2)13-19/h4-6,9,12-13,15,17-18,21H,3,7-8,10-11,14H2,1-2H3. The number of nitrogens with zero attached hydrogens (tertiary/aromatic N) is 3. The minimum absolute atomic E-state index is 0.528. The van der Waals surface area contributed by atoms with Crippen molar-refractivity contribution in [1.82, 2.24) is 14.9 Å². The lowest BCUT2D eigenvalue weighted by molar-refractivity contribution is 0.336. The van der Waals surface area contributed by atoms with Gasteiger partial charge in [0, 0.05) is 49.8 Å². The Kier molecular flexibility index (Phi) is 5.34. The zero-order valence-electron chi connectivity index (χ0n) is 14.3. The Bertz CT molecular complexity index is 585. The molecule has 1 aromatic carbocycles. The van der Waals surface area contributed by atoms with E-state index in [0.717, 1.165) is 26.1 Å². The predicted molar refractivity (Wildman–Crippen MR) is 95.9 cm³/mol. The molecule has 0 saturated carbocycles. The highest BCUT2D eigenvalue weighted by Gasteiger charge is 2.21. The molecule has 1 N–H and O–H groups in total. The third kappa shape index (κ3) is 4.35. The van der Waals surface area contributed by atoms with Crippen molar-refractivity contribution in [2.75, 3.05) is 18.0 Å². The van der Waals surface area contributed by atoms with E-state index in [4.69, 9.17) is 0 Å². The van der Waals surface area contributed by atoms with Crippen molar-refractivity contribution >= 4 is 5.69 Å². The highest BCUT2D eigenvalue weighted by atomic mass is 15.2. The van der Waals surface area contributed by atoms with Crippen molar-refractivity contribution in [3.05, 3.63) is 48.5 Å². The summed E-state index contributed by atoms with van der Waals surface area (Å²) in [5.41, 5.74) is 2.71. The van der Waals surface area contributed by atoms with Gasteiger partial charge in [-0.25, -0.2) is 4.98 Å². The van der Waals surface area contributed by atoms with Crippen molar-refractivity contribution in [3.63, 3.8) is 0 Å². The molecule has 1 aliphatic rings. The summed E-state index contributed by atoms with van der Waals surface area (Å²) in [6.45, 7) is 7.72. The summed E-state index contributed by atoms with van der Waals surface area (Å²) < 4.78 is 2.17. The maximum Gasteiger partial charge on any atom is 0.0946 e. The fraction of sp³-hybridized carbons (Fsp3) is 0.526. The van der Waals surface area contributed by atoms with E-state index >= 15 is 0 Å². The molecular weight excluding hydrogens is 284 g/mol. The van der Waals surface area contributed by atoms with Crippen LogP contribution >= 0.6 is 0 Å². The molecule has 1 aliphatic heterocycles. The molecule has 0 spiro atoms. The van der Waals surface area contributed by atoms with Crippen LogP contribution in [0.15, 0.2) is 43.0 Å². The van der Waals surface area contributed by atoms with Crippen LogP contribution in [0.3, 0.4) is 0 Å². The summed E-state index contributed by atoms with van der Waals surface area (Å²) in [7, 11) is 0. The molecule has 2 aromatic rings. The van der Waals surface area contributed by atoms with Gasteiger partial charge in [-0.2, -0.15) is 0 Å². The van der Waals surface area contributed by atoms with Crippen LogP contribution in [0.1, 0.15) is 31.7 Å². The molecule has 0 aliphatic carbocycles. The number of aryl methyl sites for hydroxylation is 1. The van der Waals surface area contributed by atoms with E-state index in [1.807, 2.05) is 18.7 Å². The summed E-state index contributed by atoms with van der Waals surface area (Å²) in [5.74, 6) is 0. The average Bonchev–Trinajstić information content (AvgIpc) is 3.08. The summed E-state index contributed by atoms with van der Waals surface area (Å²) in [5, 5.41) is 3.85. The summed E-state index contributed by atoms with van der Waals surface area (Å²) in [4.78, 5) is 6.65. The van der Waals surface area contributed by atoms with Crippen LogP contribution in [0.5, 0.6) is 0 Å². The van der Waals surface area contributed by atoms with E-state index in [9.17, 15) is 0 Å². The van der Waals surface area contributed by atoms with Gasteiger partial charge in [0.15, 0.2) is 0 Å². The smallest absolute Gasteiger partial charge is 0.0946 e. The number of anilines is 1. The van der Waals surface area contributed by atoms with Gasteiger partial charge in [0.1, 0.15) is 0 Å². The zero-order valence-corrected chi connectivity index (χ0v) is 14.3. The van der Waals surface area contributed by atoms with Crippen molar-refractivity contribution in [2.45, 2.75) is 51.7 Å². The van der Waals surface area contributed by atoms with Gasteiger partial charge < -0.3 is 14.8 Å². The molecule has 4 heteroatoms. The first-order chi connectivity index (χ1) is 11.2. The largest absolute Gasteiger partial charge is 0.371 e. The molecule has 1 fully saturated rings. The first kappa shape index (κ1) is 16.1. The van der Waals surface area contributed by atoms with Gasteiger partial charge >= 0.3 is 0 Å². The number of hydrogen-bond acceptors (Lipinski definition) is 3.